The summed E-state index contributed by atoms with van der Waals surface area (Å²) in [5.41, 5.74) is 0.832. The summed E-state index contributed by atoms with van der Waals surface area (Å²) in [5.74, 6) is -0.161. The van der Waals surface area contributed by atoms with E-state index in [1.165, 1.54) is 6.08 Å². The molecule has 0 spiro atoms. The van der Waals surface area contributed by atoms with E-state index in [9.17, 15) is 14.4 Å². The minimum Gasteiger partial charge on any atom is -0.494 e. The van der Waals surface area contributed by atoms with Crippen LogP contribution < -0.4 is 19.7 Å². The zero-order chi connectivity index (χ0) is 20.8. The van der Waals surface area contributed by atoms with Crippen molar-refractivity contribution in [3.05, 3.63) is 59.7 Å². The average molecular weight is 394 g/mol. The molecule has 1 fully saturated rings. The van der Waals surface area contributed by atoms with Crippen LogP contribution in [0.1, 0.15) is 25.8 Å². The van der Waals surface area contributed by atoms with Crippen LogP contribution in [0.4, 0.5) is 10.5 Å². The molecule has 1 N–H and O–H groups in total. The van der Waals surface area contributed by atoms with Gasteiger partial charge < -0.3 is 9.47 Å². The van der Waals surface area contributed by atoms with Crippen molar-refractivity contribution < 1.29 is 23.9 Å². The molecule has 1 saturated heterocycles. The summed E-state index contributed by atoms with van der Waals surface area (Å²) in [6, 6.07) is 12.8. The highest BCUT2D eigenvalue weighted by Crippen LogP contribution is 2.25. The van der Waals surface area contributed by atoms with E-state index in [2.05, 4.69) is 5.32 Å². The maximum atomic E-state index is 12.9. The Morgan fingerprint density at radius 1 is 0.966 bits per heavy atom. The van der Waals surface area contributed by atoms with Gasteiger partial charge in [-0.3, -0.25) is 14.9 Å². The lowest BCUT2D eigenvalue weighted by molar-refractivity contribution is -0.122. The second kappa shape index (κ2) is 9.05. The van der Waals surface area contributed by atoms with Crippen LogP contribution in [-0.4, -0.2) is 31.1 Å². The first-order chi connectivity index (χ1) is 14.0. The molecule has 150 valence electrons. The van der Waals surface area contributed by atoms with E-state index in [4.69, 9.17) is 9.47 Å². The fraction of sp³-hybridized carbons (Fsp3) is 0.227. The molecule has 29 heavy (non-hydrogen) atoms. The van der Waals surface area contributed by atoms with Crippen molar-refractivity contribution in [3.63, 3.8) is 0 Å². The molecular weight excluding hydrogens is 372 g/mol. The van der Waals surface area contributed by atoms with Crippen molar-refractivity contribution in [1.82, 2.24) is 5.32 Å². The molecule has 1 heterocycles. The third-order valence-corrected chi connectivity index (χ3v) is 4.15. The lowest BCUT2D eigenvalue weighted by Gasteiger charge is -2.26. The van der Waals surface area contributed by atoms with Gasteiger partial charge in [-0.1, -0.05) is 19.1 Å². The standard InChI is InChI=1S/C22H22N2O5/c1-3-12-29-18-7-5-6-15(13-18)14-19-20(25)23-22(27)24(21(19)26)16-8-10-17(11-9-16)28-4-2/h5-11,13-14H,3-4,12H2,1-2H3,(H,23,25,27)/b19-14-. The van der Waals surface area contributed by atoms with Crippen molar-refractivity contribution >= 4 is 29.6 Å². The number of imide groups is 2. The first-order valence-corrected chi connectivity index (χ1v) is 9.40. The Hall–Kier alpha value is -3.61. The Balaban J connectivity index is 1.89. The number of barbiturate groups is 1. The van der Waals surface area contributed by atoms with Crippen LogP contribution in [0.25, 0.3) is 6.08 Å². The van der Waals surface area contributed by atoms with Gasteiger partial charge in [-0.15, -0.1) is 0 Å². The van der Waals surface area contributed by atoms with E-state index in [1.54, 1.807) is 48.5 Å². The van der Waals surface area contributed by atoms with Crippen molar-refractivity contribution in [3.8, 4) is 11.5 Å². The molecule has 1 aliphatic rings. The maximum absolute atomic E-state index is 12.9. The van der Waals surface area contributed by atoms with Gasteiger partial charge in [0, 0.05) is 0 Å². The normalized spacial score (nSPS) is 15.4. The molecule has 0 saturated carbocycles. The SMILES string of the molecule is CCCOc1cccc(/C=C2/C(=O)NC(=O)N(c3ccc(OCC)cc3)C2=O)c1. The number of nitrogens with zero attached hydrogens (tertiary/aromatic N) is 1. The highest BCUT2D eigenvalue weighted by molar-refractivity contribution is 6.39. The number of benzene rings is 2. The first-order valence-electron chi connectivity index (χ1n) is 9.40. The van der Waals surface area contributed by atoms with Gasteiger partial charge in [-0.25, -0.2) is 9.69 Å². The number of carbonyl (C=O) groups is 3. The first kappa shape index (κ1) is 20.1. The Kier molecular flexibility index (Phi) is 6.29. The number of ether oxygens (including phenoxy) is 2. The monoisotopic (exact) mass is 394 g/mol. The van der Waals surface area contributed by atoms with Crippen molar-refractivity contribution in [2.24, 2.45) is 0 Å². The molecule has 1 aliphatic heterocycles. The molecule has 0 bridgehead atoms. The van der Waals surface area contributed by atoms with Crippen LogP contribution in [0.2, 0.25) is 0 Å². The number of amides is 4. The largest absolute Gasteiger partial charge is 0.494 e. The van der Waals surface area contributed by atoms with Crippen LogP contribution >= 0.6 is 0 Å². The van der Waals surface area contributed by atoms with Crippen LogP contribution in [-0.2, 0) is 9.59 Å². The molecule has 2 aromatic carbocycles. The van der Waals surface area contributed by atoms with Crippen LogP contribution in [0.15, 0.2) is 54.1 Å². The number of hydrogen-bond donors (Lipinski definition) is 1. The van der Waals surface area contributed by atoms with Crippen molar-refractivity contribution in [2.75, 3.05) is 18.1 Å². The second-order valence-corrected chi connectivity index (χ2v) is 6.31. The van der Waals surface area contributed by atoms with Gasteiger partial charge in [0.15, 0.2) is 0 Å². The third-order valence-electron chi connectivity index (χ3n) is 4.15. The van der Waals surface area contributed by atoms with E-state index in [0.29, 0.717) is 36.0 Å². The molecule has 7 nitrogen and oxygen atoms in total. The highest BCUT2D eigenvalue weighted by Gasteiger charge is 2.36. The average Bonchev–Trinajstić information content (AvgIpc) is 2.71. The molecule has 7 heteroatoms. The lowest BCUT2D eigenvalue weighted by Crippen LogP contribution is -2.54. The molecule has 2 aromatic rings. The Morgan fingerprint density at radius 3 is 2.41 bits per heavy atom. The molecular formula is C22H22N2O5. The summed E-state index contributed by atoms with van der Waals surface area (Å²) in [7, 11) is 0. The number of rotatable bonds is 7. The molecule has 0 atom stereocenters. The molecule has 0 aliphatic carbocycles. The molecule has 0 unspecified atom stereocenters. The Morgan fingerprint density at radius 2 is 1.72 bits per heavy atom. The Bertz CT molecular complexity index is 950. The number of carbonyl (C=O) groups excluding carboxylic acids is 3. The summed E-state index contributed by atoms with van der Waals surface area (Å²) < 4.78 is 11.0. The fourth-order valence-electron chi connectivity index (χ4n) is 2.83. The quantitative estimate of drug-likeness (QED) is 0.574. The minimum atomic E-state index is -0.790. The number of urea groups is 1. The summed E-state index contributed by atoms with van der Waals surface area (Å²) in [6.07, 6.45) is 2.32. The van der Waals surface area contributed by atoms with E-state index in [0.717, 1.165) is 11.3 Å². The molecule has 4 amide bonds. The van der Waals surface area contributed by atoms with Crippen LogP contribution in [0, 0.1) is 0 Å². The fourth-order valence-corrected chi connectivity index (χ4v) is 2.83. The zero-order valence-electron chi connectivity index (χ0n) is 16.3. The molecule has 0 aromatic heterocycles. The van der Waals surface area contributed by atoms with Gasteiger partial charge in [0.25, 0.3) is 11.8 Å². The molecule has 0 radical (unpaired) electrons. The Labute approximate surface area is 168 Å². The van der Waals surface area contributed by atoms with E-state index < -0.39 is 17.8 Å². The summed E-state index contributed by atoms with van der Waals surface area (Å²) >= 11 is 0. The van der Waals surface area contributed by atoms with Gasteiger partial charge >= 0.3 is 6.03 Å². The number of anilines is 1. The predicted molar refractivity (Wildman–Crippen MR) is 109 cm³/mol. The topological polar surface area (TPSA) is 84.9 Å². The van der Waals surface area contributed by atoms with Gasteiger partial charge in [-0.05, 0) is 61.4 Å². The van der Waals surface area contributed by atoms with Crippen molar-refractivity contribution in [2.45, 2.75) is 20.3 Å². The lowest BCUT2D eigenvalue weighted by atomic mass is 10.1. The zero-order valence-corrected chi connectivity index (χ0v) is 16.3. The van der Waals surface area contributed by atoms with Crippen LogP contribution in [0.5, 0.6) is 11.5 Å². The smallest absolute Gasteiger partial charge is 0.335 e. The minimum absolute atomic E-state index is 0.133. The summed E-state index contributed by atoms with van der Waals surface area (Å²) in [4.78, 5) is 38.4. The van der Waals surface area contributed by atoms with Gasteiger partial charge in [-0.2, -0.15) is 0 Å². The van der Waals surface area contributed by atoms with E-state index in [1.807, 2.05) is 13.8 Å². The third kappa shape index (κ3) is 4.63. The summed E-state index contributed by atoms with van der Waals surface area (Å²) in [6.45, 7) is 4.94. The number of hydrogen-bond acceptors (Lipinski definition) is 5. The van der Waals surface area contributed by atoms with E-state index in [-0.39, 0.29) is 5.57 Å². The number of nitrogens with one attached hydrogen (secondary N) is 1. The van der Waals surface area contributed by atoms with Crippen molar-refractivity contribution in [1.29, 1.82) is 0 Å². The van der Waals surface area contributed by atoms with Gasteiger partial charge in [0.1, 0.15) is 17.1 Å². The second-order valence-electron chi connectivity index (χ2n) is 6.31. The van der Waals surface area contributed by atoms with Crippen LogP contribution in [0.3, 0.4) is 0 Å². The van der Waals surface area contributed by atoms with E-state index >= 15 is 0 Å². The molecule has 3 rings (SSSR count). The summed E-state index contributed by atoms with van der Waals surface area (Å²) in [5, 5.41) is 2.21. The predicted octanol–water partition coefficient (Wildman–Crippen LogP) is 3.54. The maximum Gasteiger partial charge on any atom is 0.335 e. The van der Waals surface area contributed by atoms with Gasteiger partial charge in [0.05, 0.1) is 18.9 Å². The highest BCUT2D eigenvalue weighted by atomic mass is 16.5. The van der Waals surface area contributed by atoms with Gasteiger partial charge in [0.2, 0.25) is 0 Å².